The minimum atomic E-state index is -0.505. The summed E-state index contributed by atoms with van der Waals surface area (Å²) in [5.74, 6) is 0.248. The summed E-state index contributed by atoms with van der Waals surface area (Å²) >= 11 is 0. The highest BCUT2D eigenvalue weighted by Crippen LogP contribution is 2.20. The molecule has 0 spiro atoms. The molecule has 0 saturated carbocycles. The minimum Gasteiger partial charge on any atom is -0.341 e. The zero-order valence-electron chi connectivity index (χ0n) is 13.2. The first-order valence-corrected chi connectivity index (χ1v) is 7.69. The summed E-state index contributed by atoms with van der Waals surface area (Å²) in [5, 5.41) is 13.4. The third-order valence-electron chi connectivity index (χ3n) is 3.91. The van der Waals surface area contributed by atoms with E-state index in [0.717, 1.165) is 25.9 Å². The number of nitro benzene ring substituents is 1. The summed E-state index contributed by atoms with van der Waals surface area (Å²) < 4.78 is 0. The van der Waals surface area contributed by atoms with Gasteiger partial charge >= 0.3 is 0 Å². The summed E-state index contributed by atoms with van der Waals surface area (Å²) in [6.07, 6.45) is 3.75. The number of aromatic nitrogens is 2. The molecular weight excluding hydrogens is 310 g/mol. The zero-order valence-corrected chi connectivity index (χ0v) is 13.2. The number of benzene rings is 1. The number of nitrogens with one attached hydrogen (secondary N) is 1. The Hall–Kier alpha value is -3.03. The van der Waals surface area contributed by atoms with Crippen LogP contribution >= 0.6 is 0 Å². The fraction of sp³-hybridized carbons (Fsp3) is 0.312. The molecule has 1 aromatic heterocycles. The molecule has 0 radical (unpaired) electrons. The Morgan fingerprint density at radius 1 is 1.33 bits per heavy atom. The van der Waals surface area contributed by atoms with E-state index in [2.05, 4.69) is 20.2 Å². The molecule has 1 aliphatic heterocycles. The van der Waals surface area contributed by atoms with Gasteiger partial charge in [0.15, 0.2) is 0 Å². The first-order valence-electron chi connectivity index (χ1n) is 7.69. The number of hydrogen-bond donors (Lipinski definition) is 1. The van der Waals surface area contributed by atoms with Gasteiger partial charge in [0.25, 0.3) is 11.6 Å². The van der Waals surface area contributed by atoms with E-state index in [1.54, 1.807) is 13.0 Å². The molecule has 1 aromatic carbocycles. The van der Waals surface area contributed by atoms with E-state index in [0.29, 0.717) is 22.9 Å². The van der Waals surface area contributed by atoms with Crippen molar-refractivity contribution in [2.45, 2.75) is 19.8 Å². The Balaban J connectivity index is 1.77. The summed E-state index contributed by atoms with van der Waals surface area (Å²) in [4.78, 5) is 33.4. The van der Waals surface area contributed by atoms with Crippen LogP contribution in [0.1, 0.15) is 28.9 Å². The number of amides is 1. The van der Waals surface area contributed by atoms with Crippen molar-refractivity contribution in [1.82, 2.24) is 9.97 Å². The van der Waals surface area contributed by atoms with Crippen molar-refractivity contribution in [3.63, 3.8) is 0 Å². The SMILES string of the molecule is Cc1nc(N2CCCC2)ncc1C(=O)Nc1cccc([N+](=O)[O-])c1. The predicted octanol–water partition coefficient (Wildman–Crippen LogP) is 2.55. The molecule has 1 fully saturated rings. The highest BCUT2D eigenvalue weighted by atomic mass is 16.6. The number of carbonyl (C=O) groups excluding carboxylic acids is 1. The standard InChI is InChI=1S/C16H17N5O3/c1-11-14(10-17-16(18-11)20-7-2-3-8-20)15(22)19-12-5-4-6-13(9-12)21(23)24/h4-6,9-10H,2-3,7-8H2,1H3,(H,19,22). The average molecular weight is 327 g/mol. The summed E-state index contributed by atoms with van der Waals surface area (Å²) in [6, 6.07) is 5.80. The number of rotatable bonds is 4. The van der Waals surface area contributed by atoms with E-state index < -0.39 is 4.92 Å². The van der Waals surface area contributed by atoms with Gasteiger partial charge < -0.3 is 10.2 Å². The second-order valence-corrected chi connectivity index (χ2v) is 5.62. The topological polar surface area (TPSA) is 101 Å². The average Bonchev–Trinajstić information content (AvgIpc) is 3.09. The number of aryl methyl sites for hydroxylation is 1. The molecule has 8 nitrogen and oxygen atoms in total. The van der Waals surface area contributed by atoms with Crippen LogP contribution in [0.25, 0.3) is 0 Å². The molecule has 2 aromatic rings. The third-order valence-corrected chi connectivity index (χ3v) is 3.91. The van der Waals surface area contributed by atoms with Crippen LogP contribution < -0.4 is 10.2 Å². The first kappa shape index (κ1) is 15.9. The molecule has 8 heteroatoms. The number of carbonyl (C=O) groups is 1. The molecule has 0 unspecified atom stereocenters. The lowest BCUT2D eigenvalue weighted by Gasteiger charge is -2.16. The van der Waals surface area contributed by atoms with Crippen LogP contribution in [-0.2, 0) is 0 Å². The van der Waals surface area contributed by atoms with E-state index in [1.165, 1.54) is 24.4 Å². The number of nitrogens with zero attached hydrogens (tertiary/aromatic N) is 4. The molecule has 1 saturated heterocycles. The van der Waals surface area contributed by atoms with Crippen molar-refractivity contribution in [3.8, 4) is 0 Å². The van der Waals surface area contributed by atoms with Gasteiger partial charge in [0.1, 0.15) is 0 Å². The number of non-ortho nitro benzene ring substituents is 1. The number of nitro groups is 1. The third kappa shape index (κ3) is 3.32. The normalized spacial score (nSPS) is 13.8. The molecular formula is C16H17N5O3. The summed E-state index contributed by atoms with van der Waals surface area (Å²) in [7, 11) is 0. The van der Waals surface area contributed by atoms with E-state index in [1.807, 2.05) is 0 Å². The van der Waals surface area contributed by atoms with Gasteiger partial charge in [-0.1, -0.05) is 6.07 Å². The smallest absolute Gasteiger partial charge is 0.271 e. The minimum absolute atomic E-state index is 0.0786. The van der Waals surface area contributed by atoms with Crippen molar-refractivity contribution >= 4 is 23.2 Å². The van der Waals surface area contributed by atoms with Gasteiger partial charge in [0.2, 0.25) is 5.95 Å². The fourth-order valence-corrected chi connectivity index (χ4v) is 2.64. The van der Waals surface area contributed by atoms with Gasteiger partial charge in [-0.25, -0.2) is 9.97 Å². The quantitative estimate of drug-likeness (QED) is 0.684. The van der Waals surface area contributed by atoms with Crippen molar-refractivity contribution in [1.29, 1.82) is 0 Å². The highest BCUT2D eigenvalue weighted by molar-refractivity contribution is 6.05. The molecule has 124 valence electrons. The lowest BCUT2D eigenvalue weighted by atomic mass is 10.2. The largest absolute Gasteiger partial charge is 0.341 e. The summed E-state index contributed by atoms with van der Waals surface area (Å²) in [5.41, 5.74) is 1.21. The number of hydrogen-bond acceptors (Lipinski definition) is 6. The first-order chi connectivity index (χ1) is 11.5. The second-order valence-electron chi connectivity index (χ2n) is 5.62. The van der Waals surface area contributed by atoms with Crippen LogP contribution in [0.5, 0.6) is 0 Å². The van der Waals surface area contributed by atoms with Crippen LogP contribution in [0.2, 0.25) is 0 Å². The van der Waals surface area contributed by atoms with Gasteiger partial charge in [-0.2, -0.15) is 0 Å². The Morgan fingerprint density at radius 2 is 2.08 bits per heavy atom. The van der Waals surface area contributed by atoms with Crippen molar-refractivity contribution in [3.05, 3.63) is 51.8 Å². The predicted molar refractivity (Wildman–Crippen MR) is 89.3 cm³/mol. The molecule has 0 atom stereocenters. The Bertz CT molecular complexity index is 787. The molecule has 1 aliphatic rings. The van der Waals surface area contributed by atoms with Crippen LogP contribution in [-0.4, -0.2) is 33.9 Å². The fourth-order valence-electron chi connectivity index (χ4n) is 2.64. The highest BCUT2D eigenvalue weighted by Gasteiger charge is 2.18. The molecule has 0 bridgehead atoms. The molecule has 2 heterocycles. The van der Waals surface area contributed by atoms with Crippen LogP contribution in [0.15, 0.2) is 30.5 Å². The van der Waals surface area contributed by atoms with Gasteiger partial charge in [-0.15, -0.1) is 0 Å². The zero-order chi connectivity index (χ0) is 17.1. The molecule has 3 rings (SSSR count). The molecule has 1 N–H and O–H groups in total. The molecule has 1 amide bonds. The van der Waals surface area contributed by atoms with Crippen LogP contribution in [0.3, 0.4) is 0 Å². The van der Waals surface area contributed by atoms with Crippen molar-refractivity contribution < 1.29 is 9.72 Å². The van der Waals surface area contributed by atoms with E-state index in [9.17, 15) is 14.9 Å². The van der Waals surface area contributed by atoms with Gasteiger partial charge in [0, 0.05) is 37.1 Å². The van der Waals surface area contributed by atoms with Crippen molar-refractivity contribution in [2.75, 3.05) is 23.3 Å². The van der Waals surface area contributed by atoms with Gasteiger partial charge in [-0.3, -0.25) is 14.9 Å². The maximum absolute atomic E-state index is 12.4. The van der Waals surface area contributed by atoms with Crippen LogP contribution in [0.4, 0.5) is 17.3 Å². The lowest BCUT2D eigenvalue weighted by molar-refractivity contribution is -0.384. The van der Waals surface area contributed by atoms with E-state index in [4.69, 9.17) is 0 Å². The second kappa shape index (κ2) is 6.61. The van der Waals surface area contributed by atoms with Crippen molar-refractivity contribution in [2.24, 2.45) is 0 Å². The Labute approximate surface area is 138 Å². The molecule has 0 aliphatic carbocycles. The maximum Gasteiger partial charge on any atom is 0.271 e. The monoisotopic (exact) mass is 327 g/mol. The van der Waals surface area contributed by atoms with Gasteiger partial charge in [-0.05, 0) is 25.8 Å². The maximum atomic E-state index is 12.4. The van der Waals surface area contributed by atoms with Gasteiger partial charge in [0.05, 0.1) is 16.2 Å². The Kier molecular flexibility index (Phi) is 4.37. The number of anilines is 2. The Morgan fingerprint density at radius 3 is 2.75 bits per heavy atom. The summed E-state index contributed by atoms with van der Waals surface area (Å²) in [6.45, 7) is 3.61. The van der Waals surface area contributed by atoms with E-state index in [-0.39, 0.29) is 11.6 Å². The van der Waals surface area contributed by atoms with Crippen LogP contribution in [0, 0.1) is 17.0 Å². The lowest BCUT2D eigenvalue weighted by Crippen LogP contribution is -2.22. The molecule has 24 heavy (non-hydrogen) atoms. The van der Waals surface area contributed by atoms with E-state index >= 15 is 0 Å².